The minimum atomic E-state index is 0.310. The van der Waals surface area contributed by atoms with Crippen LogP contribution in [0.4, 0.5) is 0 Å². The second-order valence-corrected chi connectivity index (χ2v) is 3.35. The van der Waals surface area contributed by atoms with Gasteiger partial charge >= 0.3 is 0 Å². The first-order valence-corrected chi connectivity index (χ1v) is 4.50. The van der Waals surface area contributed by atoms with E-state index in [0.717, 1.165) is 25.4 Å². The monoisotopic (exact) mass is 159 g/mol. The fourth-order valence-electron chi connectivity index (χ4n) is 1.09. The molecule has 0 radical (unpaired) electrons. The van der Waals surface area contributed by atoms with Gasteiger partial charge in [0.2, 0.25) is 0 Å². The molecule has 0 saturated heterocycles. The first kappa shape index (κ1) is 10.9. The number of rotatable bonds is 6. The molecule has 11 heavy (non-hydrogen) atoms. The first-order valence-electron chi connectivity index (χ1n) is 4.50. The van der Waals surface area contributed by atoms with Gasteiger partial charge in [0, 0.05) is 19.7 Å². The van der Waals surface area contributed by atoms with E-state index >= 15 is 0 Å². The molecule has 0 aliphatic heterocycles. The molecule has 1 atom stereocenters. The molecule has 0 aromatic rings. The van der Waals surface area contributed by atoms with Crippen LogP contribution >= 0.6 is 0 Å². The van der Waals surface area contributed by atoms with Gasteiger partial charge in [0.15, 0.2) is 0 Å². The number of aliphatic hydroxyl groups excluding tert-OH is 1. The van der Waals surface area contributed by atoms with E-state index in [1.807, 2.05) is 0 Å². The van der Waals surface area contributed by atoms with Crippen LogP contribution in [0, 0.1) is 5.92 Å². The summed E-state index contributed by atoms with van der Waals surface area (Å²) in [6, 6.07) is 0. The molecule has 68 valence electrons. The van der Waals surface area contributed by atoms with Crippen molar-refractivity contribution < 1.29 is 5.11 Å². The average Bonchev–Trinajstić information content (AvgIpc) is 2.00. The third kappa shape index (κ3) is 6.32. The van der Waals surface area contributed by atoms with Crippen LogP contribution in [-0.2, 0) is 0 Å². The second kappa shape index (κ2) is 6.62. The highest BCUT2D eigenvalue weighted by Gasteiger charge is 2.02. The van der Waals surface area contributed by atoms with E-state index in [1.165, 1.54) is 6.42 Å². The number of hydrogen-bond donors (Lipinski definition) is 1. The summed E-state index contributed by atoms with van der Waals surface area (Å²) in [5.41, 5.74) is 0. The summed E-state index contributed by atoms with van der Waals surface area (Å²) in [5, 5.41) is 8.58. The van der Waals surface area contributed by atoms with Gasteiger partial charge in [-0.25, -0.2) is 0 Å². The van der Waals surface area contributed by atoms with Crippen molar-refractivity contribution in [2.75, 3.05) is 26.7 Å². The maximum absolute atomic E-state index is 8.58. The summed E-state index contributed by atoms with van der Waals surface area (Å²) in [6.07, 6.45) is 2.14. The molecule has 0 unspecified atom stereocenters. The SMILES string of the molecule is CC[C@@H](C)CN(C)CCCO. The van der Waals surface area contributed by atoms with Gasteiger partial charge in [0.1, 0.15) is 0 Å². The predicted molar refractivity (Wildman–Crippen MR) is 48.7 cm³/mol. The Morgan fingerprint density at radius 1 is 1.45 bits per heavy atom. The Morgan fingerprint density at radius 2 is 2.09 bits per heavy atom. The van der Waals surface area contributed by atoms with Crippen molar-refractivity contribution in [3.63, 3.8) is 0 Å². The summed E-state index contributed by atoms with van der Waals surface area (Å²) in [6.45, 7) is 6.95. The molecule has 0 bridgehead atoms. The topological polar surface area (TPSA) is 23.5 Å². The maximum atomic E-state index is 8.58. The van der Waals surface area contributed by atoms with Crippen LogP contribution in [0.1, 0.15) is 26.7 Å². The Hall–Kier alpha value is -0.0800. The molecule has 0 spiro atoms. The highest BCUT2D eigenvalue weighted by atomic mass is 16.3. The van der Waals surface area contributed by atoms with Crippen LogP contribution in [-0.4, -0.2) is 36.8 Å². The molecule has 0 heterocycles. The molecular formula is C9H21NO. The minimum absolute atomic E-state index is 0.310. The fraction of sp³-hybridized carbons (Fsp3) is 1.00. The van der Waals surface area contributed by atoms with Crippen LogP contribution in [0.15, 0.2) is 0 Å². The van der Waals surface area contributed by atoms with E-state index in [1.54, 1.807) is 0 Å². The van der Waals surface area contributed by atoms with Crippen molar-refractivity contribution in [3.8, 4) is 0 Å². The molecule has 0 rings (SSSR count). The molecule has 0 fully saturated rings. The van der Waals surface area contributed by atoms with E-state index in [9.17, 15) is 0 Å². The van der Waals surface area contributed by atoms with Crippen molar-refractivity contribution >= 4 is 0 Å². The molecule has 2 nitrogen and oxygen atoms in total. The largest absolute Gasteiger partial charge is 0.396 e. The van der Waals surface area contributed by atoms with E-state index in [2.05, 4.69) is 25.8 Å². The fourth-order valence-corrected chi connectivity index (χ4v) is 1.09. The molecule has 0 aliphatic carbocycles. The zero-order valence-corrected chi connectivity index (χ0v) is 8.01. The minimum Gasteiger partial charge on any atom is -0.396 e. The predicted octanol–water partition coefficient (Wildman–Crippen LogP) is 1.35. The van der Waals surface area contributed by atoms with Gasteiger partial charge in [0.25, 0.3) is 0 Å². The van der Waals surface area contributed by atoms with Gasteiger partial charge < -0.3 is 10.0 Å². The molecule has 0 amide bonds. The summed E-state index contributed by atoms with van der Waals surface area (Å²) in [4.78, 5) is 2.28. The van der Waals surface area contributed by atoms with E-state index < -0.39 is 0 Å². The maximum Gasteiger partial charge on any atom is 0.0443 e. The number of nitrogens with zero attached hydrogens (tertiary/aromatic N) is 1. The van der Waals surface area contributed by atoms with Crippen molar-refractivity contribution in [1.82, 2.24) is 4.90 Å². The van der Waals surface area contributed by atoms with Crippen molar-refractivity contribution in [3.05, 3.63) is 0 Å². The van der Waals surface area contributed by atoms with E-state index in [0.29, 0.717) is 6.61 Å². The Morgan fingerprint density at radius 3 is 2.55 bits per heavy atom. The molecule has 0 aromatic carbocycles. The Kier molecular flexibility index (Phi) is 6.57. The molecular weight excluding hydrogens is 138 g/mol. The molecule has 0 aliphatic rings. The zero-order chi connectivity index (χ0) is 8.69. The lowest BCUT2D eigenvalue weighted by atomic mass is 10.1. The normalized spacial score (nSPS) is 13.9. The summed E-state index contributed by atoms with van der Waals surface area (Å²) < 4.78 is 0. The Labute approximate surface area is 70.2 Å². The van der Waals surface area contributed by atoms with Gasteiger partial charge in [-0.15, -0.1) is 0 Å². The Bertz CT molecular complexity index is 85.6. The van der Waals surface area contributed by atoms with E-state index in [-0.39, 0.29) is 0 Å². The molecule has 1 N–H and O–H groups in total. The molecule has 0 saturated carbocycles. The van der Waals surface area contributed by atoms with Crippen LogP contribution in [0.5, 0.6) is 0 Å². The number of aliphatic hydroxyl groups is 1. The van der Waals surface area contributed by atoms with Crippen molar-refractivity contribution in [2.45, 2.75) is 26.7 Å². The van der Waals surface area contributed by atoms with Crippen LogP contribution in [0.3, 0.4) is 0 Å². The highest BCUT2D eigenvalue weighted by molar-refractivity contribution is 4.56. The van der Waals surface area contributed by atoms with Gasteiger partial charge in [0.05, 0.1) is 0 Å². The highest BCUT2D eigenvalue weighted by Crippen LogP contribution is 2.02. The third-order valence-corrected chi connectivity index (χ3v) is 2.02. The second-order valence-electron chi connectivity index (χ2n) is 3.35. The standard InChI is InChI=1S/C9H21NO/c1-4-9(2)8-10(3)6-5-7-11/h9,11H,4-8H2,1-3H3/t9-/m1/s1. The van der Waals surface area contributed by atoms with Crippen LogP contribution in [0.2, 0.25) is 0 Å². The van der Waals surface area contributed by atoms with E-state index in [4.69, 9.17) is 5.11 Å². The van der Waals surface area contributed by atoms with Crippen molar-refractivity contribution in [1.29, 1.82) is 0 Å². The Balaban J connectivity index is 3.27. The van der Waals surface area contributed by atoms with Crippen molar-refractivity contribution in [2.24, 2.45) is 5.92 Å². The smallest absolute Gasteiger partial charge is 0.0443 e. The molecule has 2 heteroatoms. The lowest BCUT2D eigenvalue weighted by Gasteiger charge is -2.19. The van der Waals surface area contributed by atoms with Gasteiger partial charge in [-0.2, -0.15) is 0 Å². The van der Waals surface area contributed by atoms with Gasteiger partial charge in [-0.3, -0.25) is 0 Å². The average molecular weight is 159 g/mol. The van der Waals surface area contributed by atoms with Gasteiger partial charge in [-0.1, -0.05) is 20.3 Å². The lowest BCUT2D eigenvalue weighted by Crippen LogP contribution is -2.25. The zero-order valence-electron chi connectivity index (χ0n) is 8.01. The summed E-state index contributed by atoms with van der Waals surface area (Å²) >= 11 is 0. The van der Waals surface area contributed by atoms with Crippen LogP contribution < -0.4 is 0 Å². The third-order valence-electron chi connectivity index (χ3n) is 2.02. The quantitative estimate of drug-likeness (QED) is 0.632. The van der Waals surface area contributed by atoms with Crippen LogP contribution in [0.25, 0.3) is 0 Å². The van der Waals surface area contributed by atoms with Gasteiger partial charge in [-0.05, 0) is 19.4 Å². The first-order chi connectivity index (χ1) is 5.20. The lowest BCUT2D eigenvalue weighted by molar-refractivity contribution is 0.231. The molecule has 0 aromatic heterocycles. The summed E-state index contributed by atoms with van der Waals surface area (Å²) in [7, 11) is 2.11. The summed E-state index contributed by atoms with van der Waals surface area (Å²) in [5.74, 6) is 0.777. The number of hydrogen-bond acceptors (Lipinski definition) is 2.